The molecule has 0 radical (unpaired) electrons. The van der Waals surface area contributed by atoms with Crippen molar-refractivity contribution >= 4 is 6.03 Å². The smallest absolute Gasteiger partial charge is 0.320 e. The molecule has 2 amide bonds. The highest BCUT2D eigenvalue weighted by molar-refractivity contribution is 5.75. The zero-order chi connectivity index (χ0) is 13.1. The van der Waals surface area contributed by atoms with Gasteiger partial charge >= 0.3 is 6.03 Å². The van der Waals surface area contributed by atoms with Gasteiger partial charge in [-0.15, -0.1) is 0 Å². The first-order chi connectivity index (χ1) is 9.34. The lowest BCUT2D eigenvalue weighted by Crippen LogP contribution is -2.44. The molecule has 2 saturated heterocycles. The van der Waals surface area contributed by atoms with E-state index in [1.54, 1.807) is 0 Å². The van der Waals surface area contributed by atoms with E-state index in [9.17, 15) is 4.79 Å². The zero-order valence-corrected chi connectivity index (χ0v) is 11.4. The van der Waals surface area contributed by atoms with Gasteiger partial charge in [-0.1, -0.05) is 30.3 Å². The van der Waals surface area contributed by atoms with Gasteiger partial charge in [0.1, 0.15) is 0 Å². The van der Waals surface area contributed by atoms with Crippen LogP contribution in [0.4, 0.5) is 4.79 Å². The van der Waals surface area contributed by atoms with E-state index < -0.39 is 0 Å². The standard InChI is InChI=1S/C16H22N2O/c19-16(17-10-5-2-6-11-17)18-12-9-15(13-18)14-7-3-1-4-8-14/h1,3-4,7-8,15H,2,5-6,9-13H2. The van der Waals surface area contributed by atoms with E-state index in [1.165, 1.54) is 24.8 Å². The Balaban J connectivity index is 1.61. The summed E-state index contributed by atoms with van der Waals surface area (Å²) in [5.41, 5.74) is 1.37. The monoisotopic (exact) mass is 258 g/mol. The van der Waals surface area contributed by atoms with Crippen LogP contribution in [0.15, 0.2) is 30.3 Å². The van der Waals surface area contributed by atoms with Crippen molar-refractivity contribution in [1.82, 2.24) is 9.80 Å². The van der Waals surface area contributed by atoms with Crippen LogP contribution in [0.5, 0.6) is 0 Å². The van der Waals surface area contributed by atoms with Crippen molar-refractivity contribution in [2.75, 3.05) is 26.2 Å². The molecule has 0 bridgehead atoms. The second-order valence-corrected chi connectivity index (χ2v) is 5.67. The Morgan fingerprint density at radius 2 is 1.68 bits per heavy atom. The van der Waals surface area contributed by atoms with Gasteiger partial charge in [-0.25, -0.2) is 4.79 Å². The van der Waals surface area contributed by atoms with E-state index >= 15 is 0 Å². The molecule has 1 aromatic carbocycles. The minimum Gasteiger partial charge on any atom is -0.325 e. The number of benzene rings is 1. The average Bonchev–Trinajstić information content (AvgIpc) is 2.98. The third-order valence-electron chi connectivity index (χ3n) is 4.36. The van der Waals surface area contributed by atoms with E-state index in [1.807, 2.05) is 9.80 Å². The minimum atomic E-state index is 0.262. The maximum atomic E-state index is 12.4. The maximum absolute atomic E-state index is 12.4. The van der Waals surface area contributed by atoms with E-state index in [2.05, 4.69) is 30.3 Å². The number of nitrogens with zero attached hydrogens (tertiary/aromatic N) is 2. The van der Waals surface area contributed by atoms with Crippen molar-refractivity contribution in [1.29, 1.82) is 0 Å². The molecule has 102 valence electrons. The number of urea groups is 1. The van der Waals surface area contributed by atoms with Gasteiger partial charge in [0.05, 0.1) is 0 Å². The fourth-order valence-corrected chi connectivity index (χ4v) is 3.22. The second-order valence-electron chi connectivity index (χ2n) is 5.67. The largest absolute Gasteiger partial charge is 0.325 e. The molecule has 3 rings (SSSR count). The van der Waals surface area contributed by atoms with Gasteiger partial charge in [-0.3, -0.25) is 0 Å². The van der Waals surface area contributed by atoms with Crippen LogP contribution < -0.4 is 0 Å². The number of carbonyl (C=O) groups is 1. The molecule has 2 heterocycles. The van der Waals surface area contributed by atoms with Gasteiger partial charge in [-0.2, -0.15) is 0 Å². The number of likely N-dealkylation sites (tertiary alicyclic amines) is 2. The topological polar surface area (TPSA) is 23.6 Å². The Morgan fingerprint density at radius 1 is 0.947 bits per heavy atom. The summed E-state index contributed by atoms with van der Waals surface area (Å²) in [6.45, 7) is 3.70. The highest BCUT2D eigenvalue weighted by Gasteiger charge is 2.30. The molecular formula is C16H22N2O. The van der Waals surface area contributed by atoms with Crippen LogP contribution in [-0.2, 0) is 0 Å². The summed E-state index contributed by atoms with van der Waals surface area (Å²) >= 11 is 0. The predicted molar refractivity (Wildman–Crippen MR) is 76.2 cm³/mol. The highest BCUT2D eigenvalue weighted by atomic mass is 16.2. The highest BCUT2D eigenvalue weighted by Crippen LogP contribution is 2.28. The van der Waals surface area contributed by atoms with Crippen molar-refractivity contribution in [2.45, 2.75) is 31.6 Å². The van der Waals surface area contributed by atoms with Crippen molar-refractivity contribution in [3.05, 3.63) is 35.9 Å². The predicted octanol–water partition coefficient (Wildman–Crippen LogP) is 3.08. The lowest BCUT2D eigenvalue weighted by atomic mass is 9.99. The summed E-state index contributed by atoms with van der Waals surface area (Å²) in [5, 5.41) is 0. The van der Waals surface area contributed by atoms with E-state index in [0.717, 1.165) is 32.6 Å². The van der Waals surface area contributed by atoms with Gasteiger partial charge in [0.15, 0.2) is 0 Å². The van der Waals surface area contributed by atoms with Crippen LogP contribution in [0.1, 0.15) is 37.2 Å². The molecule has 0 spiro atoms. The van der Waals surface area contributed by atoms with Crippen LogP contribution in [0.25, 0.3) is 0 Å². The number of amides is 2. The summed E-state index contributed by atoms with van der Waals surface area (Å²) < 4.78 is 0. The quantitative estimate of drug-likeness (QED) is 0.759. The van der Waals surface area contributed by atoms with Crippen LogP contribution >= 0.6 is 0 Å². The molecular weight excluding hydrogens is 236 g/mol. The molecule has 0 aliphatic carbocycles. The molecule has 1 atom stereocenters. The zero-order valence-electron chi connectivity index (χ0n) is 11.4. The van der Waals surface area contributed by atoms with Crippen molar-refractivity contribution in [2.24, 2.45) is 0 Å². The summed E-state index contributed by atoms with van der Waals surface area (Å²) in [6.07, 6.45) is 4.71. The first kappa shape index (κ1) is 12.5. The molecule has 0 saturated carbocycles. The van der Waals surface area contributed by atoms with Crippen LogP contribution in [0, 0.1) is 0 Å². The molecule has 0 N–H and O–H groups in total. The first-order valence-corrected chi connectivity index (χ1v) is 7.43. The molecule has 1 unspecified atom stereocenters. The van der Waals surface area contributed by atoms with Gasteiger partial charge in [0, 0.05) is 32.1 Å². The van der Waals surface area contributed by atoms with Gasteiger partial charge in [0.25, 0.3) is 0 Å². The molecule has 3 nitrogen and oxygen atoms in total. The second kappa shape index (κ2) is 5.64. The fourth-order valence-electron chi connectivity index (χ4n) is 3.22. The Labute approximate surface area is 115 Å². The van der Waals surface area contributed by atoms with Gasteiger partial charge in [-0.05, 0) is 31.2 Å². The van der Waals surface area contributed by atoms with Gasteiger partial charge in [0.2, 0.25) is 0 Å². The molecule has 2 aliphatic rings. The minimum absolute atomic E-state index is 0.262. The number of hydrogen-bond donors (Lipinski definition) is 0. The number of piperidine rings is 1. The lowest BCUT2D eigenvalue weighted by molar-refractivity contribution is 0.152. The van der Waals surface area contributed by atoms with Gasteiger partial charge < -0.3 is 9.80 Å². The van der Waals surface area contributed by atoms with Crippen molar-refractivity contribution in [3.8, 4) is 0 Å². The SMILES string of the molecule is O=C(N1CCCCC1)N1CCC(c2ccccc2)C1. The molecule has 19 heavy (non-hydrogen) atoms. The summed E-state index contributed by atoms with van der Waals surface area (Å²) in [5.74, 6) is 0.523. The summed E-state index contributed by atoms with van der Waals surface area (Å²) in [4.78, 5) is 16.5. The molecule has 2 fully saturated rings. The molecule has 3 heteroatoms. The summed E-state index contributed by atoms with van der Waals surface area (Å²) in [6, 6.07) is 10.8. The van der Waals surface area contributed by atoms with Crippen LogP contribution in [0.3, 0.4) is 0 Å². The fraction of sp³-hybridized carbons (Fsp3) is 0.562. The third kappa shape index (κ3) is 2.75. The van der Waals surface area contributed by atoms with Crippen LogP contribution in [-0.4, -0.2) is 42.0 Å². The maximum Gasteiger partial charge on any atom is 0.320 e. The molecule has 0 aromatic heterocycles. The number of hydrogen-bond acceptors (Lipinski definition) is 1. The van der Waals surface area contributed by atoms with Crippen molar-refractivity contribution < 1.29 is 4.79 Å². The average molecular weight is 258 g/mol. The third-order valence-corrected chi connectivity index (χ3v) is 4.36. The Bertz CT molecular complexity index is 426. The number of rotatable bonds is 1. The van der Waals surface area contributed by atoms with E-state index in [4.69, 9.17) is 0 Å². The Morgan fingerprint density at radius 3 is 2.42 bits per heavy atom. The molecule has 1 aromatic rings. The van der Waals surface area contributed by atoms with Crippen LogP contribution in [0.2, 0.25) is 0 Å². The lowest BCUT2D eigenvalue weighted by Gasteiger charge is -2.31. The first-order valence-electron chi connectivity index (χ1n) is 7.43. The Hall–Kier alpha value is -1.51. The van der Waals surface area contributed by atoms with E-state index in [0.29, 0.717) is 5.92 Å². The normalized spacial score (nSPS) is 23.7. The number of carbonyl (C=O) groups excluding carboxylic acids is 1. The van der Waals surface area contributed by atoms with Crippen molar-refractivity contribution in [3.63, 3.8) is 0 Å². The molecule has 2 aliphatic heterocycles. The Kier molecular flexibility index (Phi) is 3.72. The summed E-state index contributed by atoms with van der Waals surface area (Å²) in [7, 11) is 0. The van der Waals surface area contributed by atoms with E-state index in [-0.39, 0.29) is 6.03 Å².